The normalized spacial score (nSPS) is 13.3. The second kappa shape index (κ2) is 13.4. The van der Waals surface area contributed by atoms with Crippen molar-refractivity contribution in [2.75, 3.05) is 13.3 Å². The van der Waals surface area contributed by atoms with Gasteiger partial charge >= 0.3 is 5.97 Å². The molecule has 0 radical (unpaired) electrons. The first-order valence-electron chi connectivity index (χ1n) is 11.8. The van der Waals surface area contributed by atoms with Crippen LogP contribution in [0.3, 0.4) is 0 Å². The Morgan fingerprint density at radius 2 is 1.68 bits per heavy atom. The fourth-order valence-corrected chi connectivity index (χ4v) is 6.01. The number of hydrogen-bond donors (Lipinski definition) is 3. The van der Waals surface area contributed by atoms with Crippen LogP contribution in [0.2, 0.25) is 0 Å². The number of benzene rings is 3. The molecule has 0 bridgehead atoms. The summed E-state index contributed by atoms with van der Waals surface area (Å²) in [5, 5.41) is 13.1. The minimum Gasteiger partial charge on any atom is -0.507 e. The van der Waals surface area contributed by atoms with Gasteiger partial charge < -0.3 is 24.8 Å². The number of rotatable bonds is 11. The maximum absolute atomic E-state index is 13.1. The number of esters is 1. The van der Waals surface area contributed by atoms with Crippen molar-refractivity contribution in [3.05, 3.63) is 86.3 Å². The van der Waals surface area contributed by atoms with Gasteiger partial charge in [0.25, 0.3) is 5.91 Å². The molecule has 0 fully saturated rings. The van der Waals surface area contributed by atoms with E-state index in [4.69, 9.17) is 9.47 Å². The van der Waals surface area contributed by atoms with Crippen molar-refractivity contribution in [2.45, 2.75) is 32.0 Å². The van der Waals surface area contributed by atoms with Gasteiger partial charge in [0.05, 0.1) is 21.1 Å². The minimum atomic E-state index is -3.27. The highest BCUT2D eigenvalue weighted by molar-refractivity contribution is 9.11. The van der Waals surface area contributed by atoms with E-state index in [0.717, 1.165) is 5.56 Å². The predicted molar refractivity (Wildman–Crippen MR) is 152 cm³/mol. The molecule has 11 heteroatoms. The van der Waals surface area contributed by atoms with Crippen LogP contribution in [0.15, 0.2) is 69.6 Å². The van der Waals surface area contributed by atoms with Crippen molar-refractivity contribution >= 4 is 51.1 Å². The Balaban J connectivity index is 1.79. The number of amides is 1. The summed E-state index contributed by atoms with van der Waals surface area (Å²) in [6.45, 7) is 3.15. The summed E-state index contributed by atoms with van der Waals surface area (Å²) >= 11 is 6.84. The molecule has 202 valence electrons. The summed E-state index contributed by atoms with van der Waals surface area (Å²) in [5.41, 5.74) is 1.57. The van der Waals surface area contributed by atoms with Crippen LogP contribution in [-0.4, -0.2) is 41.2 Å². The van der Waals surface area contributed by atoms with E-state index >= 15 is 0 Å². The smallest absolute Gasteiger partial charge is 0.328 e. The number of aryl methyl sites for hydroxylation is 1. The summed E-state index contributed by atoms with van der Waals surface area (Å²) < 4.78 is 23.9. The summed E-state index contributed by atoms with van der Waals surface area (Å²) in [6, 6.07) is 16.2. The molecular weight excluding hydrogens is 641 g/mol. The van der Waals surface area contributed by atoms with Crippen molar-refractivity contribution in [1.82, 2.24) is 5.32 Å². The second-order valence-electron chi connectivity index (χ2n) is 8.68. The fourth-order valence-electron chi connectivity index (χ4n) is 3.70. The Kier molecular flexibility index (Phi) is 10.6. The van der Waals surface area contributed by atoms with Gasteiger partial charge in [-0.05, 0) is 93.1 Å². The van der Waals surface area contributed by atoms with E-state index in [-0.39, 0.29) is 29.8 Å². The quantitative estimate of drug-likeness (QED) is 0.160. The van der Waals surface area contributed by atoms with Crippen LogP contribution >= 0.6 is 39.2 Å². The van der Waals surface area contributed by atoms with Crippen LogP contribution in [0.5, 0.6) is 17.2 Å². The number of phenolic OH excluding ortho intramolecular Hbond substituents is 1. The van der Waals surface area contributed by atoms with Crippen molar-refractivity contribution < 1.29 is 33.6 Å². The SMILES string of the molecule is CCOC(=O)C(CCc1ccccc1)NC(=O)c1cc(Oc2c(Br)cc(CP(C)(=O)O)cc2Br)ccc1O. The lowest BCUT2D eigenvalue weighted by Crippen LogP contribution is -2.42. The van der Waals surface area contributed by atoms with Crippen molar-refractivity contribution in [3.63, 3.8) is 0 Å². The highest BCUT2D eigenvalue weighted by Crippen LogP contribution is 2.44. The average molecular weight is 669 g/mol. The molecule has 0 spiro atoms. The molecule has 0 aliphatic rings. The molecule has 2 atom stereocenters. The maximum atomic E-state index is 13.1. The number of halogens is 2. The molecule has 0 saturated heterocycles. The molecule has 0 aliphatic heterocycles. The van der Waals surface area contributed by atoms with Gasteiger partial charge in [-0.2, -0.15) is 0 Å². The zero-order valence-electron chi connectivity index (χ0n) is 20.8. The highest BCUT2D eigenvalue weighted by atomic mass is 79.9. The third kappa shape index (κ3) is 8.70. The predicted octanol–water partition coefficient (Wildman–Crippen LogP) is 6.40. The summed E-state index contributed by atoms with van der Waals surface area (Å²) in [5.74, 6) is -0.870. The molecule has 3 N–H and O–H groups in total. The molecule has 0 saturated carbocycles. The Morgan fingerprint density at radius 1 is 1.03 bits per heavy atom. The summed E-state index contributed by atoms with van der Waals surface area (Å²) in [4.78, 5) is 35.3. The highest BCUT2D eigenvalue weighted by Gasteiger charge is 2.24. The van der Waals surface area contributed by atoms with E-state index in [1.165, 1.54) is 24.9 Å². The van der Waals surface area contributed by atoms with Gasteiger partial charge in [0.15, 0.2) is 5.75 Å². The van der Waals surface area contributed by atoms with E-state index in [9.17, 15) is 24.2 Å². The van der Waals surface area contributed by atoms with Gasteiger partial charge in [0, 0.05) is 12.8 Å². The third-order valence-corrected chi connectivity index (χ3v) is 7.54. The zero-order chi connectivity index (χ0) is 27.9. The topological polar surface area (TPSA) is 122 Å². The Bertz CT molecular complexity index is 1320. The molecule has 3 aromatic carbocycles. The Morgan fingerprint density at radius 3 is 2.29 bits per heavy atom. The summed E-state index contributed by atoms with van der Waals surface area (Å²) in [7, 11) is -3.27. The maximum Gasteiger partial charge on any atom is 0.328 e. The van der Waals surface area contributed by atoms with E-state index in [2.05, 4.69) is 37.2 Å². The van der Waals surface area contributed by atoms with Crippen LogP contribution in [0.1, 0.15) is 34.8 Å². The van der Waals surface area contributed by atoms with E-state index in [1.807, 2.05) is 30.3 Å². The standard InChI is InChI=1S/C27H28Br2NO7P/c1-3-36-27(33)23(11-9-17-7-5-4-6-8-17)30-26(32)20-15-19(10-12-24(20)31)37-25-21(28)13-18(14-22(25)29)16-38(2,34)35/h4-8,10,12-15,23,31H,3,9,11,16H2,1-2H3,(H,30,32)(H,34,35). The third-order valence-electron chi connectivity index (χ3n) is 5.41. The van der Waals surface area contributed by atoms with E-state index < -0.39 is 25.3 Å². The van der Waals surface area contributed by atoms with Crippen molar-refractivity contribution in [3.8, 4) is 17.2 Å². The monoisotopic (exact) mass is 667 g/mol. The van der Waals surface area contributed by atoms with Gasteiger partial charge in [-0.3, -0.25) is 9.36 Å². The molecule has 3 rings (SSSR count). The molecule has 8 nitrogen and oxygen atoms in total. The average Bonchev–Trinajstić information content (AvgIpc) is 2.84. The Labute approximate surface area is 238 Å². The molecule has 0 aromatic heterocycles. The number of carbonyl (C=O) groups excluding carboxylic acids is 2. The lowest BCUT2D eigenvalue weighted by molar-refractivity contribution is -0.145. The van der Waals surface area contributed by atoms with Crippen molar-refractivity contribution in [1.29, 1.82) is 0 Å². The molecule has 38 heavy (non-hydrogen) atoms. The summed E-state index contributed by atoms with van der Waals surface area (Å²) in [6.07, 6.45) is 0.859. The fraction of sp³-hybridized carbons (Fsp3) is 0.259. The number of hydrogen-bond acceptors (Lipinski definition) is 6. The first-order valence-corrected chi connectivity index (χ1v) is 15.6. The Hall–Kier alpha value is -2.65. The number of aromatic hydroxyl groups is 1. The first-order chi connectivity index (χ1) is 18.0. The second-order valence-corrected chi connectivity index (χ2v) is 12.8. The van der Waals surface area contributed by atoms with Gasteiger partial charge in [0.1, 0.15) is 17.5 Å². The van der Waals surface area contributed by atoms with Gasteiger partial charge in [-0.15, -0.1) is 0 Å². The number of ether oxygens (including phenoxy) is 2. The molecule has 0 aliphatic carbocycles. The zero-order valence-corrected chi connectivity index (χ0v) is 24.9. The largest absolute Gasteiger partial charge is 0.507 e. The van der Waals surface area contributed by atoms with E-state index in [1.54, 1.807) is 19.1 Å². The van der Waals surface area contributed by atoms with Gasteiger partial charge in [-0.1, -0.05) is 30.3 Å². The molecular formula is C27H28Br2NO7P. The van der Waals surface area contributed by atoms with Crippen LogP contribution in [0, 0.1) is 0 Å². The lowest BCUT2D eigenvalue weighted by atomic mass is 10.0. The molecule has 1 amide bonds. The van der Waals surface area contributed by atoms with Crippen LogP contribution in [0.4, 0.5) is 0 Å². The van der Waals surface area contributed by atoms with Crippen molar-refractivity contribution in [2.24, 2.45) is 0 Å². The van der Waals surface area contributed by atoms with Gasteiger partial charge in [0.2, 0.25) is 7.37 Å². The number of nitrogens with one attached hydrogen (secondary N) is 1. The minimum absolute atomic E-state index is 0.0000858. The van der Waals surface area contributed by atoms with E-state index in [0.29, 0.717) is 33.1 Å². The molecule has 3 aromatic rings. The first kappa shape index (κ1) is 29.9. The van der Waals surface area contributed by atoms with Crippen LogP contribution in [-0.2, 0) is 26.7 Å². The number of phenols is 1. The van der Waals surface area contributed by atoms with Crippen LogP contribution < -0.4 is 10.1 Å². The van der Waals surface area contributed by atoms with Gasteiger partial charge in [-0.25, -0.2) is 4.79 Å². The number of carbonyl (C=O) groups is 2. The molecule has 0 heterocycles. The molecule has 2 unspecified atom stereocenters. The van der Waals surface area contributed by atoms with Crippen LogP contribution in [0.25, 0.3) is 0 Å². The lowest BCUT2D eigenvalue weighted by Gasteiger charge is -2.18.